The first-order valence-electron chi connectivity index (χ1n) is 38.5. The zero-order valence-electron chi connectivity index (χ0n) is 57.0. The molecule has 0 aromatic heterocycles. The molecule has 1 atom stereocenters. The summed E-state index contributed by atoms with van der Waals surface area (Å²) in [6, 6.07) is 0. The van der Waals surface area contributed by atoms with Crippen molar-refractivity contribution >= 4 is 17.9 Å². The van der Waals surface area contributed by atoms with Crippen molar-refractivity contribution in [1.29, 1.82) is 0 Å². The van der Waals surface area contributed by atoms with Gasteiger partial charge in [-0.1, -0.05) is 419 Å². The summed E-state index contributed by atoms with van der Waals surface area (Å²) in [6.45, 7) is 6.74. The van der Waals surface area contributed by atoms with Gasteiger partial charge in [0.1, 0.15) is 13.2 Å². The lowest BCUT2D eigenvalue weighted by molar-refractivity contribution is -0.167. The summed E-state index contributed by atoms with van der Waals surface area (Å²) in [5, 5.41) is 0. The SMILES string of the molecule is CCCCCCCCCCCCCCCCCCCCCCCCCCCCCCCCCCCCC(=O)OCC(COC(=O)CCCCCCCCCCCCC)OC(=O)CCCCCCCCCCCCCCCCCCCCCC. The molecule has 6 heteroatoms. The molecule has 6 nitrogen and oxygen atoms in total. The van der Waals surface area contributed by atoms with Crippen LogP contribution in [0, 0.1) is 0 Å². The Kier molecular flexibility index (Phi) is 71.5. The minimum atomic E-state index is -0.763. The Hall–Kier alpha value is -1.59. The fourth-order valence-electron chi connectivity index (χ4n) is 12.3. The summed E-state index contributed by atoms with van der Waals surface area (Å²) in [5.41, 5.74) is 0. The minimum Gasteiger partial charge on any atom is -0.462 e. The third kappa shape index (κ3) is 71.1. The molecule has 83 heavy (non-hydrogen) atoms. The number of esters is 3. The van der Waals surface area contributed by atoms with Crippen LogP contribution in [0.3, 0.4) is 0 Å². The van der Waals surface area contributed by atoms with Crippen molar-refractivity contribution < 1.29 is 28.6 Å². The average Bonchev–Trinajstić information content (AvgIpc) is 3.48. The summed E-state index contributed by atoms with van der Waals surface area (Å²) in [5.74, 6) is -0.821. The van der Waals surface area contributed by atoms with Crippen molar-refractivity contribution in [1.82, 2.24) is 0 Å². The molecule has 0 aromatic carbocycles. The number of unbranched alkanes of at least 4 members (excludes halogenated alkanes) is 62. The van der Waals surface area contributed by atoms with Gasteiger partial charge < -0.3 is 14.2 Å². The van der Waals surface area contributed by atoms with E-state index in [2.05, 4.69) is 20.8 Å². The standard InChI is InChI=1S/C77H150O6/c1-4-7-10-13-16-19-22-24-26-28-30-32-33-34-35-36-37-38-39-40-41-42-43-44-45-47-48-50-52-55-58-61-64-67-70-76(79)82-73-74(72-81-75(78)69-66-63-60-57-54-21-18-15-12-9-6-3)83-77(80)71-68-65-62-59-56-53-51-49-46-31-29-27-25-23-20-17-14-11-8-5-2/h74H,4-73H2,1-3H3. The molecule has 0 heterocycles. The molecule has 0 rings (SSSR count). The minimum absolute atomic E-state index is 0.0603. The quantitative estimate of drug-likeness (QED) is 0.0343. The van der Waals surface area contributed by atoms with Crippen molar-refractivity contribution in [3.8, 4) is 0 Å². The van der Waals surface area contributed by atoms with E-state index in [4.69, 9.17) is 14.2 Å². The van der Waals surface area contributed by atoms with Gasteiger partial charge in [-0.05, 0) is 19.3 Å². The van der Waals surface area contributed by atoms with Crippen molar-refractivity contribution in [3.63, 3.8) is 0 Å². The molecule has 0 aliphatic rings. The van der Waals surface area contributed by atoms with Crippen LogP contribution >= 0.6 is 0 Å². The van der Waals surface area contributed by atoms with Crippen LogP contribution in [0.2, 0.25) is 0 Å². The summed E-state index contributed by atoms with van der Waals surface area (Å²) in [7, 11) is 0. The first-order chi connectivity index (χ1) is 41.0. The molecule has 0 amide bonds. The monoisotopic (exact) mass is 1170 g/mol. The normalized spacial score (nSPS) is 11.9. The van der Waals surface area contributed by atoms with E-state index in [1.54, 1.807) is 0 Å². The highest BCUT2D eigenvalue weighted by Crippen LogP contribution is 2.20. The maximum atomic E-state index is 12.9. The molecule has 0 aromatic rings. The molecule has 0 N–H and O–H groups in total. The van der Waals surface area contributed by atoms with Crippen LogP contribution in [-0.2, 0) is 28.6 Å². The lowest BCUT2D eigenvalue weighted by atomic mass is 10.0. The van der Waals surface area contributed by atoms with Gasteiger partial charge in [-0.2, -0.15) is 0 Å². The number of hydrogen-bond donors (Lipinski definition) is 0. The first kappa shape index (κ1) is 81.4. The summed E-state index contributed by atoms with van der Waals surface area (Å²) < 4.78 is 17.0. The van der Waals surface area contributed by atoms with Crippen LogP contribution in [0.4, 0.5) is 0 Å². The Bertz CT molecular complexity index is 1250. The predicted octanol–water partition coefficient (Wildman–Crippen LogP) is 26.6. The van der Waals surface area contributed by atoms with E-state index in [-0.39, 0.29) is 31.1 Å². The van der Waals surface area contributed by atoms with Crippen molar-refractivity contribution in [2.24, 2.45) is 0 Å². The maximum Gasteiger partial charge on any atom is 0.306 e. The van der Waals surface area contributed by atoms with E-state index in [1.165, 1.54) is 360 Å². The topological polar surface area (TPSA) is 78.9 Å². The Balaban J connectivity index is 4.02. The van der Waals surface area contributed by atoms with Gasteiger partial charge in [0.2, 0.25) is 0 Å². The van der Waals surface area contributed by atoms with E-state index in [0.29, 0.717) is 19.3 Å². The van der Waals surface area contributed by atoms with Gasteiger partial charge in [-0.25, -0.2) is 0 Å². The van der Waals surface area contributed by atoms with Gasteiger partial charge in [-0.3, -0.25) is 14.4 Å². The van der Waals surface area contributed by atoms with Crippen LogP contribution in [0.5, 0.6) is 0 Å². The summed E-state index contributed by atoms with van der Waals surface area (Å²) >= 11 is 0. The molecular weight excluding hydrogens is 1020 g/mol. The maximum absolute atomic E-state index is 12.9. The van der Waals surface area contributed by atoms with Crippen molar-refractivity contribution in [3.05, 3.63) is 0 Å². The lowest BCUT2D eigenvalue weighted by Gasteiger charge is -2.18. The van der Waals surface area contributed by atoms with E-state index in [0.717, 1.165) is 57.8 Å². The molecule has 0 aliphatic carbocycles. The predicted molar refractivity (Wildman–Crippen MR) is 363 cm³/mol. The molecule has 0 aliphatic heterocycles. The zero-order chi connectivity index (χ0) is 59.9. The highest BCUT2D eigenvalue weighted by molar-refractivity contribution is 5.71. The smallest absolute Gasteiger partial charge is 0.306 e. The third-order valence-corrected chi connectivity index (χ3v) is 18.1. The van der Waals surface area contributed by atoms with E-state index in [9.17, 15) is 14.4 Å². The zero-order valence-corrected chi connectivity index (χ0v) is 57.0. The van der Waals surface area contributed by atoms with Gasteiger partial charge in [0.25, 0.3) is 0 Å². The number of hydrogen-bond acceptors (Lipinski definition) is 6. The molecule has 494 valence electrons. The molecule has 0 radical (unpaired) electrons. The van der Waals surface area contributed by atoms with Crippen LogP contribution in [0.1, 0.15) is 457 Å². The average molecular weight is 1170 g/mol. The van der Waals surface area contributed by atoms with Crippen LogP contribution in [0.15, 0.2) is 0 Å². The van der Waals surface area contributed by atoms with E-state index >= 15 is 0 Å². The van der Waals surface area contributed by atoms with Gasteiger partial charge >= 0.3 is 17.9 Å². The number of carbonyl (C=O) groups excluding carboxylic acids is 3. The van der Waals surface area contributed by atoms with Gasteiger partial charge in [0.05, 0.1) is 0 Å². The fourth-order valence-corrected chi connectivity index (χ4v) is 12.3. The number of rotatable bonds is 73. The molecule has 0 spiro atoms. The highest BCUT2D eigenvalue weighted by Gasteiger charge is 2.20. The third-order valence-electron chi connectivity index (χ3n) is 18.1. The summed E-state index contributed by atoms with van der Waals surface area (Å²) in [6.07, 6.45) is 87.5. The van der Waals surface area contributed by atoms with Crippen LogP contribution in [0.25, 0.3) is 0 Å². The Labute approximate surface area is 520 Å². The van der Waals surface area contributed by atoms with Crippen molar-refractivity contribution in [2.45, 2.75) is 463 Å². The number of carbonyl (C=O) groups is 3. The van der Waals surface area contributed by atoms with Gasteiger partial charge in [0.15, 0.2) is 6.10 Å². The Morgan fingerprint density at radius 2 is 0.325 bits per heavy atom. The second-order valence-corrected chi connectivity index (χ2v) is 26.6. The Morgan fingerprint density at radius 1 is 0.193 bits per heavy atom. The van der Waals surface area contributed by atoms with Gasteiger partial charge in [-0.15, -0.1) is 0 Å². The van der Waals surface area contributed by atoms with E-state index < -0.39 is 6.10 Å². The highest BCUT2D eigenvalue weighted by atomic mass is 16.6. The molecule has 0 fully saturated rings. The molecule has 0 saturated heterocycles. The molecular formula is C77H150O6. The lowest BCUT2D eigenvalue weighted by Crippen LogP contribution is -2.30. The first-order valence-corrected chi connectivity index (χ1v) is 38.5. The molecule has 0 bridgehead atoms. The largest absolute Gasteiger partial charge is 0.462 e. The molecule has 0 saturated carbocycles. The van der Waals surface area contributed by atoms with Crippen LogP contribution < -0.4 is 0 Å². The Morgan fingerprint density at radius 3 is 0.482 bits per heavy atom. The van der Waals surface area contributed by atoms with Crippen molar-refractivity contribution in [2.75, 3.05) is 13.2 Å². The molecule has 1 unspecified atom stereocenters. The van der Waals surface area contributed by atoms with Crippen LogP contribution in [-0.4, -0.2) is 37.2 Å². The van der Waals surface area contributed by atoms with Gasteiger partial charge in [0, 0.05) is 19.3 Å². The fraction of sp³-hybridized carbons (Fsp3) is 0.961. The number of ether oxygens (including phenoxy) is 3. The second kappa shape index (κ2) is 72.9. The second-order valence-electron chi connectivity index (χ2n) is 26.6. The van der Waals surface area contributed by atoms with E-state index in [1.807, 2.05) is 0 Å². The summed E-state index contributed by atoms with van der Waals surface area (Å²) in [4.78, 5) is 38.4.